The molecule has 0 saturated heterocycles. The van der Waals surface area contributed by atoms with Crippen LogP contribution in [-0.4, -0.2) is 7.05 Å². The molecule has 0 aromatic heterocycles. The Morgan fingerprint density at radius 1 is 1.55 bits per heavy atom. The van der Waals surface area contributed by atoms with Crippen LogP contribution < -0.4 is 10.9 Å². The first-order valence-corrected chi connectivity index (χ1v) is 3.42. The standard InChI is InChI=1S/C7H8ClFN2/c1-11(10)5-2-3-7(9)6(8)4-5/h2-4H,10H2,1H3. The lowest BCUT2D eigenvalue weighted by Crippen LogP contribution is -2.24. The van der Waals surface area contributed by atoms with E-state index in [0.717, 1.165) is 0 Å². The molecule has 0 spiro atoms. The number of nitrogens with two attached hydrogens (primary N) is 1. The van der Waals surface area contributed by atoms with E-state index in [9.17, 15) is 4.39 Å². The van der Waals surface area contributed by atoms with Crippen LogP contribution in [0.5, 0.6) is 0 Å². The number of nitrogens with zero attached hydrogens (tertiary/aromatic N) is 1. The number of anilines is 1. The predicted octanol–water partition coefficient (Wildman–Crippen LogP) is 1.79. The summed E-state index contributed by atoms with van der Waals surface area (Å²) in [6.45, 7) is 0. The van der Waals surface area contributed by atoms with Crippen molar-refractivity contribution in [3.63, 3.8) is 0 Å². The minimum atomic E-state index is -0.433. The van der Waals surface area contributed by atoms with Gasteiger partial charge in [0.1, 0.15) is 5.82 Å². The van der Waals surface area contributed by atoms with Gasteiger partial charge in [0.2, 0.25) is 0 Å². The third-order valence-electron chi connectivity index (χ3n) is 1.31. The van der Waals surface area contributed by atoms with Gasteiger partial charge in [-0.3, -0.25) is 0 Å². The van der Waals surface area contributed by atoms with Crippen LogP contribution >= 0.6 is 11.6 Å². The maximum atomic E-state index is 12.6. The molecule has 0 saturated carbocycles. The molecule has 0 aliphatic heterocycles. The third kappa shape index (κ3) is 1.82. The highest BCUT2D eigenvalue weighted by Gasteiger charge is 2.01. The van der Waals surface area contributed by atoms with Crippen molar-refractivity contribution in [2.24, 2.45) is 5.84 Å². The molecule has 0 unspecified atom stereocenters. The number of hydrogen-bond acceptors (Lipinski definition) is 2. The van der Waals surface area contributed by atoms with Gasteiger partial charge in [0.25, 0.3) is 0 Å². The lowest BCUT2D eigenvalue weighted by molar-refractivity contribution is 0.628. The summed E-state index contributed by atoms with van der Waals surface area (Å²) in [7, 11) is 1.66. The van der Waals surface area contributed by atoms with Crippen LogP contribution in [0.3, 0.4) is 0 Å². The van der Waals surface area contributed by atoms with Crippen LogP contribution in [0.2, 0.25) is 5.02 Å². The van der Waals surface area contributed by atoms with Gasteiger partial charge < -0.3 is 5.01 Å². The van der Waals surface area contributed by atoms with Crippen molar-refractivity contribution in [3.8, 4) is 0 Å². The summed E-state index contributed by atoms with van der Waals surface area (Å²) in [5.74, 6) is 4.95. The highest BCUT2D eigenvalue weighted by Crippen LogP contribution is 2.19. The fourth-order valence-corrected chi connectivity index (χ4v) is 0.879. The van der Waals surface area contributed by atoms with Crippen LogP contribution in [0.4, 0.5) is 10.1 Å². The molecular weight excluding hydrogens is 167 g/mol. The summed E-state index contributed by atoms with van der Waals surface area (Å²) in [5, 5.41) is 1.45. The second-order valence-corrected chi connectivity index (χ2v) is 2.62. The Morgan fingerprint density at radius 3 is 2.64 bits per heavy atom. The molecule has 0 fully saturated rings. The molecule has 2 nitrogen and oxygen atoms in total. The first-order valence-electron chi connectivity index (χ1n) is 3.05. The minimum absolute atomic E-state index is 0.0831. The van der Waals surface area contributed by atoms with Gasteiger partial charge in [-0.15, -0.1) is 0 Å². The molecule has 0 aliphatic rings. The summed E-state index contributed by atoms with van der Waals surface area (Å²) in [6.07, 6.45) is 0. The van der Waals surface area contributed by atoms with Crippen molar-refractivity contribution in [1.82, 2.24) is 0 Å². The van der Waals surface area contributed by atoms with Crippen molar-refractivity contribution in [3.05, 3.63) is 29.0 Å². The summed E-state index contributed by atoms with van der Waals surface area (Å²) in [6, 6.07) is 4.30. The van der Waals surface area contributed by atoms with Crippen LogP contribution in [-0.2, 0) is 0 Å². The molecule has 60 valence electrons. The summed E-state index contributed by atoms with van der Waals surface area (Å²) in [5.41, 5.74) is 0.677. The largest absolute Gasteiger partial charge is 0.314 e. The Hall–Kier alpha value is -0.800. The third-order valence-corrected chi connectivity index (χ3v) is 1.60. The topological polar surface area (TPSA) is 29.3 Å². The zero-order chi connectivity index (χ0) is 8.43. The molecule has 2 N–H and O–H groups in total. The normalized spacial score (nSPS) is 9.82. The monoisotopic (exact) mass is 174 g/mol. The zero-order valence-electron chi connectivity index (χ0n) is 6.01. The number of hydrazine groups is 1. The van der Waals surface area contributed by atoms with E-state index < -0.39 is 5.82 Å². The molecule has 4 heteroatoms. The van der Waals surface area contributed by atoms with Gasteiger partial charge in [-0.2, -0.15) is 0 Å². The molecule has 0 bridgehead atoms. The maximum absolute atomic E-state index is 12.6. The van der Waals surface area contributed by atoms with Crippen LogP contribution in [0.25, 0.3) is 0 Å². The van der Waals surface area contributed by atoms with Crippen molar-refractivity contribution in [1.29, 1.82) is 0 Å². The summed E-state index contributed by atoms with van der Waals surface area (Å²) in [4.78, 5) is 0. The van der Waals surface area contributed by atoms with Gasteiger partial charge >= 0.3 is 0 Å². The van der Waals surface area contributed by atoms with Crippen molar-refractivity contribution in [2.45, 2.75) is 0 Å². The lowest BCUT2D eigenvalue weighted by Gasteiger charge is -2.11. The zero-order valence-corrected chi connectivity index (χ0v) is 6.77. The molecule has 1 aromatic rings. The molecule has 1 aromatic carbocycles. The fraction of sp³-hybridized carbons (Fsp3) is 0.143. The average molecular weight is 175 g/mol. The quantitative estimate of drug-likeness (QED) is 0.520. The second kappa shape index (κ2) is 3.07. The maximum Gasteiger partial charge on any atom is 0.141 e. The Kier molecular flexibility index (Phi) is 2.31. The number of halogens is 2. The van der Waals surface area contributed by atoms with Gasteiger partial charge in [0.15, 0.2) is 0 Å². The summed E-state index contributed by atoms with van der Waals surface area (Å²) >= 11 is 5.50. The highest BCUT2D eigenvalue weighted by atomic mass is 35.5. The van der Waals surface area contributed by atoms with E-state index in [-0.39, 0.29) is 5.02 Å². The molecular formula is C7H8ClFN2. The van der Waals surface area contributed by atoms with Crippen LogP contribution in [0.15, 0.2) is 18.2 Å². The van der Waals surface area contributed by atoms with E-state index in [1.54, 1.807) is 13.1 Å². The summed E-state index contributed by atoms with van der Waals surface area (Å²) < 4.78 is 12.6. The fourth-order valence-electron chi connectivity index (χ4n) is 0.704. The Bertz CT molecular complexity index is 263. The second-order valence-electron chi connectivity index (χ2n) is 2.21. The van der Waals surface area contributed by atoms with Crippen molar-refractivity contribution in [2.75, 3.05) is 12.1 Å². The molecule has 11 heavy (non-hydrogen) atoms. The first-order chi connectivity index (χ1) is 5.11. The van der Waals surface area contributed by atoms with E-state index in [1.165, 1.54) is 17.1 Å². The molecule has 0 amide bonds. The van der Waals surface area contributed by atoms with E-state index in [2.05, 4.69) is 0 Å². The van der Waals surface area contributed by atoms with Gasteiger partial charge in [-0.1, -0.05) is 11.6 Å². The predicted molar refractivity (Wildman–Crippen MR) is 44.0 cm³/mol. The highest BCUT2D eigenvalue weighted by molar-refractivity contribution is 6.31. The molecule has 0 atom stereocenters. The van der Waals surface area contributed by atoms with Crippen LogP contribution in [0, 0.1) is 5.82 Å². The molecule has 0 heterocycles. The number of rotatable bonds is 1. The SMILES string of the molecule is CN(N)c1ccc(F)c(Cl)c1. The van der Waals surface area contributed by atoms with Gasteiger partial charge in [-0.05, 0) is 18.2 Å². The van der Waals surface area contributed by atoms with E-state index in [0.29, 0.717) is 5.69 Å². The smallest absolute Gasteiger partial charge is 0.141 e. The molecule has 0 radical (unpaired) electrons. The van der Waals surface area contributed by atoms with E-state index in [1.807, 2.05) is 0 Å². The lowest BCUT2D eigenvalue weighted by atomic mass is 10.3. The van der Waals surface area contributed by atoms with E-state index in [4.69, 9.17) is 17.4 Å². The number of benzene rings is 1. The molecule has 1 rings (SSSR count). The molecule has 0 aliphatic carbocycles. The number of hydrogen-bond donors (Lipinski definition) is 1. The Morgan fingerprint density at radius 2 is 2.18 bits per heavy atom. The van der Waals surface area contributed by atoms with Gasteiger partial charge in [-0.25, -0.2) is 10.2 Å². The Balaban J connectivity index is 3.05. The van der Waals surface area contributed by atoms with E-state index >= 15 is 0 Å². The minimum Gasteiger partial charge on any atom is -0.314 e. The average Bonchev–Trinajstić information content (AvgIpc) is 1.94. The van der Waals surface area contributed by atoms with Crippen LogP contribution in [0.1, 0.15) is 0 Å². The Labute approximate surface area is 69.3 Å². The van der Waals surface area contributed by atoms with Gasteiger partial charge in [0.05, 0.1) is 10.7 Å². The van der Waals surface area contributed by atoms with Gasteiger partial charge in [0, 0.05) is 7.05 Å². The van der Waals surface area contributed by atoms with Crippen molar-refractivity contribution >= 4 is 17.3 Å². The first kappa shape index (κ1) is 8.30. The van der Waals surface area contributed by atoms with Crippen molar-refractivity contribution < 1.29 is 4.39 Å².